The molecule has 1 heterocycles. The summed E-state index contributed by atoms with van der Waals surface area (Å²) in [4.78, 5) is 23.2. The zero-order chi connectivity index (χ0) is 27.3. The molecule has 1 atom stereocenters. The number of halogens is 4. The zero-order valence-electron chi connectivity index (χ0n) is 19.9. The average molecular weight is 552 g/mol. The topological polar surface area (TPSA) is 147 Å². The molecule has 0 bridgehead atoms. The second-order valence-electron chi connectivity index (χ2n) is 8.75. The van der Waals surface area contributed by atoms with Gasteiger partial charge in [-0.15, -0.1) is 0 Å². The Morgan fingerprint density at radius 2 is 1.68 bits per heavy atom. The van der Waals surface area contributed by atoms with Crippen molar-refractivity contribution in [2.24, 2.45) is 5.73 Å². The van der Waals surface area contributed by atoms with E-state index in [0.29, 0.717) is 17.3 Å². The van der Waals surface area contributed by atoms with Crippen LogP contribution in [-0.4, -0.2) is 51.4 Å². The molecule has 0 spiro atoms. The van der Waals surface area contributed by atoms with Gasteiger partial charge in [0, 0.05) is 22.9 Å². The van der Waals surface area contributed by atoms with Gasteiger partial charge in [0.05, 0.1) is 5.54 Å². The summed E-state index contributed by atoms with van der Waals surface area (Å²) in [6, 6.07) is 12.7. The van der Waals surface area contributed by atoms with E-state index >= 15 is 0 Å². The first-order valence-corrected chi connectivity index (χ1v) is 12.0. The van der Waals surface area contributed by atoms with Gasteiger partial charge in [0.25, 0.3) is 0 Å². The van der Waals surface area contributed by atoms with Crippen molar-refractivity contribution >= 4 is 40.8 Å². The van der Waals surface area contributed by atoms with Crippen molar-refractivity contribution in [2.75, 3.05) is 29.1 Å². The smallest absolute Gasteiger partial charge is 0.422 e. The molecular weight excluding hydrogens is 527 g/mol. The third-order valence-corrected chi connectivity index (χ3v) is 5.97. The summed E-state index contributed by atoms with van der Waals surface area (Å²) < 4.78 is 43.1. The quantitative estimate of drug-likeness (QED) is 0.217. The number of ether oxygens (including phenoxy) is 1. The van der Waals surface area contributed by atoms with Gasteiger partial charge in [0.1, 0.15) is 6.04 Å². The van der Waals surface area contributed by atoms with Crippen molar-refractivity contribution in [3.05, 3.63) is 59.1 Å². The molecule has 0 saturated heterocycles. The molecule has 1 saturated carbocycles. The predicted molar refractivity (Wildman–Crippen MR) is 136 cm³/mol. The average Bonchev–Trinajstić information content (AvgIpc) is 3.64. The first kappa shape index (κ1) is 27.2. The number of nitrogens with two attached hydrogens (primary N) is 1. The minimum absolute atomic E-state index is 0.0141. The Balaban J connectivity index is 1.48. The SMILES string of the molecule is N[C@H](CCNc1ccc(Nc2nc(NC3(c4ccc(Cl)cc4)CC3)nc(OCC(F)(F)F)n2)cc1)C(=O)O. The lowest BCUT2D eigenvalue weighted by molar-refractivity contribution is -0.154. The Hall–Kier alpha value is -3.84. The standard InChI is InChI=1S/C24H25ClF3N7O3/c25-15-3-1-14(2-4-15)23(10-11-23)35-21-32-20(33-22(34-21)38-13-24(26,27)28)31-17-7-5-16(6-8-17)30-12-9-18(29)19(36)37/h1-8,18,30H,9-13,29H2,(H,36,37)(H2,31,32,33,34,35)/t18-/m1/s1. The van der Waals surface area contributed by atoms with Crippen LogP contribution in [0.25, 0.3) is 0 Å². The number of rotatable bonds is 12. The van der Waals surface area contributed by atoms with E-state index in [4.69, 9.17) is 27.2 Å². The van der Waals surface area contributed by atoms with Crippen molar-refractivity contribution in [1.82, 2.24) is 15.0 Å². The molecule has 6 N–H and O–H groups in total. The Morgan fingerprint density at radius 1 is 1.05 bits per heavy atom. The van der Waals surface area contributed by atoms with Gasteiger partial charge >= 0.3 is 18.2 Å². The third kappa shape index (κ3) is 7.59. The van der Waals surface area contributed by atoms with Gasteiger partial charge in [0.2, 0.25) is 11.9 Å². The molecule has 0 aliphatic heterocycles. The van der Waals surface area contributed by atoms with Crippen LogP contribution in [0, 0.1) is 0 Å². The van der Waals surface area contributed by atoms with E-state index < -0.39 is 36.3 Å². The number of carbonyl (C=O) groups is 1. The van der Waals surface area contributed by atoms with Gasteiger partial charge in [-0.1, -0.05) is 23.7 Å². The van der Waals surface area contributed by atoms with Gasteiger partial charge in [-0.3, -0.25) is 4.79 Å². The molecule has 1 fully saturated rings. The number of aliphatic carboxylic acids is 1. The first-order chi connectivity index (χ1) is 18.0. The number of carboxylic acid groups (broad SMARTS) is 1. The predicted octanol–water partition coefficient (Wildman–Crippen LogP) is 4.52. The van der Waals surface area contributed by atoms with Crippen LogP contribution in [0.15, 0.2) is 48.5 Å². The van der Waals surface area contributed by atoms with Crippen LogP contribution in [0.4, 0.5) is 36.4 Å². The van der Waals surface area contributed by atoms with Crippen LogP contribution in [0.5, 0.6) is 6.01 Å². The number of hydrogen-bond acceptors (Lipinski definition) is 9. The maximum atomic E-state index is 12.8. The van der Waals surface area contributed by atoms with Crippen molar-refractivity contribution in [3.63, 3.8) is 0 Å². The summed E-state index contributed by atoms with van der Waals surface area (Å²) in [5.41, 5.74) is 7.24. The van der Waals surface area contributed by atoms with E-state index in [0.717, 1.165) is 24.1 Å². The summed E-state index contributed by atoms with van der Waals surface area (Å²) >= 11 is 5.99. The number of carboxylic acids is 1. The summed E-state index contributed by atoms with van der Waals surface area (Å²) in [7, 11) is 0. The molecule has 0 unspecified atom stereocenters. The lowest BCUT2D eigenvalue weighted by atomic mass is 10.1. The monoisotopic (exact) mass is 551 g/mol. The van der Waals surface area contributed by atoms with Crippen LogP contribution >= 0.6 is 11.6 Å². The van der Waals surface area contributed by atoms with Crippen LogP contribution in [0.2, 0.25) is 5.02 Å². The molecule has 2 aromatic carbocycles. The maximum Gasteiger partial charge on any atom is 0.422 e. The highest BCUT2D eigenvalue weighted by Gasteiger charge is 2.45. The lowest BCUT2D eigenvalue weighted by Crippen LogP contribution is -2.32. The molecule has 0 amide bonds. The van der Waals surface area contributed by atoms with Crippen molar-refractivity contribution < 1.29 is 27.8 Å². The van der Waals surface area contributed by atoms with E-state index in [1.807, 2.05) is 12.1 Å². The van der Waals surface area contributed by atoms with Crippen molar-refractivity contribution in [1.29, 1.82) is 0 Å². The Morgan fingerprint density at radius 3 is 2.29 bits per heavy atom. The minimum Gasteiger partial charge on any atom is -0.480 e. The zero-order valence-corrected chi connectivity index (χ0v) is 20.7. The first-order valence-electron chi connectivity index (χ1n) is 11.6. The Labute approximate surface area is 220 Å². The fraction of sp³-hybridized carbons (Fsp3) is 0.333. The fourth-order valence-electron chi connectivity index (χ4n) is 3.57. The van der Waals surface area contributed by atoms with E-state index in [2.05, 4.69) is 30.9 Å². The highest BCUT2D eigenvalue weighted by Crippen LogP contribution is 2.48. The molecule has 4 rings (SSSR count). The molecule has 38 heavy (non-hydrogen) atoms. The molecule has 1 aliphatic carbocycles. The molecular formula is C24H25ClF3N7O3. The fourth-order valence-corrected chi connectivity index (χ4v) is 3.70. The van der Waals surface area contributed by atoms with E-state index in [1.165, 1.54) is 0 Å². The number of benzene rings is 2. The molecule has 202 valence electrons. The van der Waals surface area contributed by atoms with Crippen LogP contribution in [-0.2, 0) is 10.3 Å². The van der Waals surface area contributed by atoms with E-state index in [1.54, 1.807) is 36.4 Å². The van der Waals surface area contributed by atoms with Crippen molar-refractivity contribution in [3.8, 4) is 6.01 Å². The summed E-state index contributed by atoms with van der Waals surface area (Å²) in [6.07, 6.45) is -2.78. The Bertz CT molecular complexity index is 1260. The number of alkyl halides is 3. The minimum atomic E-state index is -4.56. The van der Waals surface area contributed by atoms with E-state index in [-0.39, 0.29) is 18.3 Å². The maximum absolute atomic E-state index is 12.8. The molecule has 10 nitrogen and oxygen atoms in total. The number of hydrogen-bond donors (Lipinski definition) is 5. The second kappa shape index (κ2) is 11.3. The highest BCUT2D eigenvalue weighted by atomic mass is 35.5. The van der Waals surface area contributed by atoms with E-state index in [9.17, 15) is 18.0 Å². The Kier molecular flexibility index (Phi) is 8.07. The van der Waals surface area contributed by atoms with Gasteiger partial charge in [0.15, 0.2) is 6.61 Å². The highest BCUT2D eigenvalue weighted by molar-refractivity contribution is 6.30. The number of anilines is 4. The van der Waals surface area contributed by atoms with Gasteiger partial charge < -0.3 is 31.5 Å². The number of nitrogens with one attached hydrogen (secondary N) is 3. The summed E-state index contributed by atoms with van der Waals surface area (Å²) in [5, 5.41) is 18.7. The van der Waals surface area contributed by atoms with Gasteiger partial charge in [-0.2, -0.15) is 28.1 Å². The van der Waals surface area contributed by atoms with Crippen LogP contribution in [0.3, 0.4) is 0 Å². The summed E-state index contributed by atoms with van der Waals surface area (Å²) in [5.74, 6) is -1.03. The lowest BCUT2D eigenvalue weighted by Gasteiger charge is -2.19. The third-order valence-electron chi connectivity index (χ3n) is 5.72. The second-order valence-corrected chi connectivity index (χ2v) is 9.18. The molecule has 14 heteroatoms. The normalized spacial score (nSPS) is 14.9. The largest absolute Gasteiger partial charge is 0.480 e. The van der Waals surface area contributed by atoms with Crippen LogP contribution < -0.4 is 26.4 Å². The number of nitrogens with zero attached hydrogens (tertiary/aromatic N) is 3. The molecule has 1 aliphatic rings. The van der Waals surface area contributed by atoms with Crippen LogP contribution in [0.1, 0.15) is 24.8 Å². The molecule has 0 radical (unpaired) electrons. The van der Waals surface area contributed by atoms with Crippen molar-refractivity contribution in [2.45, 2.75) is 37.0 Å². The molecule has 3 aromatic rings. The van der Waals surface area contributed by atoms with Gasteiger partial charge in [-0.25, -0.2) is 0 Å². The number of aromatic nitrogens is 3. The molecule has 1 aromatic heterocycles. The van der Waals surface area contributed by atoms with Gasteiger partial charge in [-0.05, 0) is 61.2 Å². The summed E-state index contributed by atoms with van der Waals surface area (Å²) in [6.45, 7) is -1.19.